The lowest BCUT2D eigenvalue weighted by Crippen LogP contribution is -2.39. The Morgan fingerprint density at radius 3 is 2.59 bits per heavy atom. The van der Waals surface area contributed by atoms with Crippen molar-refractivity contribution in [3.8, 4) is 0 Å². The zero-order chi connectivity index (χ0) is 23.2. The monoisotopic (exact) mass is 441 g/mol. The molecule has 2 rings (SSSR count). The van der Waals surface area contributed by atoms with Gasteiger partial charge in [-0.15, -0.1) is 0 Å². The summed E-state index contributed by atoms with van der Waals surface area (Å²) in [5.74, 6) is -0.0886. The first kappa shape index (κ1) is 25.7. The first-order valence-electron chi connectivity index (χ1n) is 11.3. The summed E-state index contributed by atoms with van der Waals surface area (Å²) in [6.45, 7) is -0.564. The highest BCUT2D eigenvalue weighted by molar-refractivity contribution is 6.03. The van der Waals surface area contributed by atoms with Gasteiger partial charge >= 0.3 is 0 Å². The van der Waals surface area contributed by atoms with E-state index in [0.717, 1.165) is 18.4 Å². The first-order valence-corrected chi connectivity index (χ1v) is 11.3. The molecule has 0 unspecified atom stereocenters. The van der Waals surface area contributed by atoms with Crippen LogP contribution in [0.4, 0.5) is 0 Å². The van der Waals surface area contributed by atoms with Crippen molar-refractivity contribution in [2.45, 2.75) is 63.5 Å². The van der Waals surface area contributed by atoms with E-state index in [1.54, 1.807) is 0 Å². The van der Waals surface area contributed by atoms with Crippen LogP contribution in [-0.4, -0.2) is 52.4 Å². The van der Waals surface area contributed by atoms with Gasteiger partial charge in [-0.05, 0) is 49.7 Å². The standard InChI is InChI=1S/C26H35NO5/c28-18-22(19-29)27-26(32)11-7-2-1-6-10-21-13-17-25(31)24(21)16-15-23(30)14-12-20-8-4-3-5-9-20/h1,3-6,8-9,13,16,22-23,28-30H,2,7,10-12,14-15,17-19H2,(H,27,32)/b6-1-,24-16?/t23-/m0/s1. The van der Waals surface area contributed by atoms with Gasteiger partial charge in [0.15, 0.2) is 5.78 Å². The van der Waals surface area contributed by atoms with E-state index in [4.69, 9.17) is 10.2 Å². The number of carbonyl (C=O) groups is 2. The SMILES string of the molecule is O=C(CCC/C=C\CC1=CCC(=O)C1=CC[C@@H](O)CCc1ccccc1)NC(CO)CO. The molecule has 0 fully saturated rings. The number of rotatable bonds is 14. The van der Waals surface area contributed by atoms with E-state index in [1.807, 2.05) is 54.6 Å². The molecule has 0 aliphatic heterocycles. The van der Waals surface area contributed by atoms with Crippen molar-refractivity contribution in [2.24, 2.45) is 0 Å². The molecule has 6 heteroatoms. The molecule has 0 saturated carbocycles. The van der Waals surface area contributed by atoms with Crippen molar-refractivity contribution in [1.29, 1.82) is 0 Å². The molecule has 0 bridgehead atoms. The number of benzene rings is 1. The molecular weight excluding hydrogens is 406 g/mol. The van der Waals surface area contributed by atoms with Crippen molar-refractivity contribution >= 4 is 11.7 Å². The topological polar surface area (TPSA) is 107 Å². The molecule has 32 heavy (non-hydrogen) atoms. The van der Waals surface area contributed by atoms with Crippen molar-refractivity contribution < 1.29 is 24.9 Å². The van der Waals surface area contributed by atoms with Crippen LogP contribution in [0.2, 0.25) is 0 Å². The average Bonchev–Trinajstić information content (AvgIpc) is 3.16. The first-order chi connectivity index (χ1) is 15.5. The van der Waals surface area contributed by atoms with Crippen molar-refractivity contribution in [3.05, 3.63) is 71.3 Å². The minimum Gasteiger partial charge on any atom is -0.394 e. The molecule has 1 aromatic rings. The van der Waals surface area contributed by atoms with E-state index in [1.165, 1.54) is 5.56 Å². The van der Waals surface area contributed by atoms with E-state index in [9.17, 15) is 14.7 Å². The van der Waals surface area contributed by atoms with Gasteiger partial charge in [-0.25, -0.2) is 0 Å². The van der Waals surface area contributed by atoms with Gasteiger partial charge in [0.05, 0.1) is 25.4 Å². The minimum absolute atomic E-state index is 0.0997. The number of hydrogen-bond acceptors (Lipinski definition) is 5. The number of aliphatic hydroxyl groups is 3. The van der Waals surface area contributed by atoms with Crippen LogP contribution in [0, 0.1) is 0 Å². The van der Waals surface area contributed by atoms with Gasteiger partial charge in [0.1, 0.15) is 0 Å². The summed E-state index contributed by atoms with van der Waals surface area (Å²) in [5.41, 5.74) is 2.90. The van der Waals surface area contributed by atoms with Crippen LogP contribution >= 0.6 is 0 Å². The number of aliphatic hydroxyl groups excluding tert-OH is 3. The lowest BCUT2D eigenvalue weighted by atomic mass is 10.00. The Kier molecular flexibility index (Phi) is 11.7. The van der Waals surface area contributed by atoms with Crippen molar-refractivity contribution in [2.75, 3.05) is 13.2 Å². The summed E-state index contributed by atoms with van der Waals surface area (Å²) in [5, 5.41) is 30.8. The summed E-state index contributed by atoms with van der Waals surface area (Å²) in [4.78, 5) is 23.9. The van der Waals surface area contributed by atoms with Crippen molar-refractivity contribution in [1.82, 2.24) is 5.32 Å². The fourth-order valence-corrected chi connectivity index (χ4v) is 3.56. The van der Waals surface area contributed by atoms with E-state index in [2.05, 4.69) is 5.32 Å². The molecular formula is C26H35NO5. The summed E-state index contributed by atoms with van der Waals surface area (Å²) in [6, 6.07) is 9.45. The van der Waals surface area contributed by atoms with Gasteiger partial charge in [-0.2, -0.15) is 0 Å². The molecule has 1 atom stereocenters. The zero-order valence-corrected chi connectivity index (χ0v) is 18.6. The Balaban J connectivity index is 1.70. The Bertz CT molecular complexity index is 809. The molecule has 6 nitrogen and oxygen atoms in total. The predicted octanol–water partition coefficient (Wildman–Crippen LogP) is 2.78. The Morgan fingerprint density at radius 1 is 1.12 bits per heavy atom. The Labute approximate surface area is 190 Å². The van der Waals surface area contributed by atoms with E-state index >= 15 is 0 Å². The number of Topliss-reactive ketones (excluding diaryl/α,β-unsaturated/α-hetero) is 1. The second-order valence-corrected chi connectivity index (χ2v) is 8.09. The van der Waals surface area contributed by atoms with E-state index < -0.39 is 12.1 Å². The van der Waals surface area contributed by atoms with Crippen LogP contribution in [0.25, 0.3) is 0 Å². The van der Waals surface area contributed by atoms with E-state index in [-0.39, 0.29) is 24.9 Å². The van der Waals surface area contributed by atoms with Crippen LogP contribution in [0.3, 0.4) is 0 Å². The predicted molar refractivity (Wildman–Crippen MR) is 125 cm³/mol. The fourth-order valence-electron chi connectivity index (χ4n) is 3.56. The maximum atomic E-state index is 12.2. The molecule has 0 radical (unpaired) electrons. The highest BCUT2D eigenvalue weighted by Crippen LogP contribution is 2.26. The number of allylic oxidation sites excluding steroid dienone is 5. The molecule has 1 aromatic carbocycles. The average molecular weight is 442 g/mol. The Hall–Kier alpha value is -2.54. The van der Waals surface area contributed by atoms with Crippen LogP contribution in [-0.2, 0) is 16.0 Å². The van der Waals surface area contributed by atoms with Gasteiger partial charge in [0, 0.05) is 18.4 Å². The van der Waals surface area contributed by atoms with E-state index in [0.29, 0.717) is 44.1 Å². The van der Waals surface area contributed by atoms with Crippen LogP contribution in [0.15, 0.2) is 65.8 Å². The molecule has 174 valence electrons. The zero-order valence-electron chi connectivity index (χ0n) is 18.6. The van der Waals surface area contributed by atoms with Gasteiger partial charge in [0.25, 0.3) is 0 Å². The second-order valence-electron chi connectivity index (χ2n) is 8.09. The number of nitrogens with one attached hydrogen (secondary N) is 1. The quantitative estimate of drug-likeness (QED) is 0.202. The van der Waals surface area contributed by atoms with Gasteiger partial charge in [-0.1, -0.05) is 54.6 Å². The largest absolute Gasteiger partial charge is 0.394 e. The molecule has 0 heterocycles. The number of hydrogen-bond donors (Lipinski definition) is 4. The third-order valence-electron chi connectivity index (χ3n) is 5.47. The summed E-state index contributed by atoms with van der Waals surface area (Å²) >= 11 is 0. The lowest BCUT2D eigenvalue weighted by Gasteiger charge is -2.12. The number of amides is 1. The minimum atomic E-state index is -0.605. The molecule has 0 aromatic heterocycles. The van der Waals surface area contributed by atoms with Crippen LogP contribution in [0.5, 0.6) is 0 Å². The molecule has 1 aliphatic carbocycles. The maximum Gasteiger partial charge on any atom is 0.220 e. The van der Waals surface area contributed by atoms with Crippen molar-refractivity contribution in [3.63, 3.8) is 0 Å². The van der Waals surface area contributed by atoms with Crippen LogP contribution < -0.4 is 5.32 Å². The van der Waals surface area contributed by atoms with Gasteiger partial charge in [-0.3, -0.25) is 9.59 Å². The normalized spacial score (nSPS) is 16.2. The fraction of sp³-hybridized carbons (Fsp3) is 0.462. The summed E-state index contributed by atoms with van der Waals surface area (Å²) in [6.07, 6.45) is 12.1. The smallest absolute Gasteiger partial charge is 0.220 e. The molecule has 4 N–H and O–H groups in total. The maximum absolute atomic E-state index is 12.2. The highest BCUT2D eigenvalue weighted by atomic mass is 16.3. The summed E-state index contributed by atoms with van der Waals surface area (Å²) < 4.78 is 0. The number of ketones is 1. The van der Waals surface area contributed by atoms with Crippen LogP contribution in [0.1, 0.15) is 50.5 Å². The number of carbonyl (C=O) groups excluding carboxylic acids is 2. The molecule has 1 aliphatic rings. The third kappa shape index (κ3) is 9.30. The third-order valence-corrected chi connectivity index (χ3v) is 5.47. The van der Waals surface area contributed by atoms with Gasteiger partial charge < -0.3 is 20.6 Å². The molecule has 0 saturated heterocycles. The Morgan fingerprint density at radius 2 is 1.88 bits per heavy atom. The van der Waals surface area contributed by atoms with Gasteiger partial charge in [0.2, 0.25) is 5.91 Å². The number of aryl methyl sites for hydroxylation is 1. The molecule has 0 spiro atoms. The molecule has 1 amide bonds. The second kappa shape index (κ2) is 14.5. The lowest BCUT2D eigenvalue weighted by molar-refractivity contribution is -0.122. The highest BCUT2D eigenvalue weighted by Gasteiger charge is 2.19. The number of unbranched alkanes of at least 4 members (excludes halogenated alkanes) is 1. The summed E-state index contributed by atoms with van der Waals surface area (Å²) in [7, 11) is 0.